The Morgan fingerprint density at radius 3 is 2.71 bits per heavy atom. The number of esters is 1. The van der Waals surface area contributed by atoms with Crippen molar-refractivity contribution >= 4 is 28.2 Å². The number of carbonyl (C=O) groups excluding carboxylic acids is 2. The van der Waals surface area contributed by atoms with Gasteiger partial charge in [0.15, 0.2) is 5.69 Å². The molecular formula is C23H26N4O3S. The van der Waals surface area contributed by atoms with Crippen molar-refractivity contribution in [3.63, 3.8) is 0 Å². The molecule has 162 valence electrons. The lowest BCUT2D eigenvalue weighted by Gasteiger charge is -2.18. The maximum absolute atomic E-state index is 13.1. The molecule has 4 rings (SSSR count). The standard InChI is InChI=1S/C23H26N4O3S/c1-5-30-23(29)19-17-11-8-14(3)12-18(17)31-22(19)24-21(28)20-15(4)27(26-25-20)16-9-6-13(2)7-10-16/h6-7,9-10,14H,5,8,11-12H2,1-4H3,(H,24,28)/t14-/m1/s1. The highest BCUT2D eigenvalue weighted by Gasteiger charge is 2.30. The van der Waals surface area contributed by atoms with Crippen molar-refractivity contribution in [2.75, 3.05) is 11.9 Å². The summed E-state index contributed by atoms with van der Waals surface area (Å²) in [6, 6.07) is 7.84. The van der Waals surface area contributed by atoms with Gasteiger partial charge in [-0.05, 0) is 63.6 Å². The van der Waals surface area contributed by atoms with Crippen LogP contribution in [0.15, 0.2) is 24.3 Å². The molecule has 31 heavy (non-hydrogen) atoms. The minimum absolute atomic E-state index is 0.232. The molecule has 8 heteroatoms. The Bertz CT molecular complexity index is 1130. The van der Waals surface area contributed by atoms with Crippen LogP contribution in [0.2, 0.25) is 0 Å². The van der Waals surface area contributed by atoms with Crippen LogP contribution in [-0.2, 0) is 17.6 Å². The van der Waals surface area contributed by atoms with E-state index in [0.717, 1.165) is 41.0 Å². The molecule has 7 nitrogen and oxygen atoms in total. The molecule has 1 aromatic carbocycles. The second-order valence-corrected chi connectivity index (χ2v) is 9.11. The van der Waals surface area contributed by atoms with Crippen LogP contribution in [0, 0.1) is 19.8 Å². The Kier molecular flexibility index (Phi) is 5.91. The van der Waals surface area contributed by atoms with Gasteiger partial charge in [-0.25, -0.2) is 9.48 Å². The van der Waals surface area contributed by atoms with E-state index in [0.29, 0.717) is 22.2 Å². The van der Waals surface area contributed by atoms with Crippen LogP contribution in [0.3, 0.4) is 0 Å². The van der Waals surface area contributed by atoms with Crippen LogP contribution in [0.4, 0.5) is 5.00 Å². The van der Waals surface area contributed by atoms with Crippen molar-refractivity contribution in [1.82, 2.24) is 15.0 Å². The minimum atomic E-state index is -0.384. The zero-order chi connectivity index (χ0) is 22.1. The molecule has 1 aliphatic carbocycles. The molecule has 1 atom stereocenters. The van der Waals surface area contributed by atoms with Crippen molar-refractivity contribution in [2.24, 2.45) is 5.92 Å². The van der Waals surface area contributed by atoms with Crippen LogP contribution in [0.5, 0.6) is 0 Å². The number of nitrogens with zero attached hydrogens (tertiary/aromatic N) is 3. The summed E-state index contributed by atoms with van der Waals surface area (Å²) in [5.74, 6) is -0.209. The van der Waals surface area contributed by atoms with E-state index in [9.17, 15) is 9.59 Å². The van der Waals surface area contributed by atoms with Gasteiger partial charge in [0.1, 0.15) is 5.00 Å². The van der Waals surface area contributed by atoms with Gasteiger partial charge in [-0.2, -0.15) is 0 Å². The van der Waals surface area contributed by atoms with E-state index in [1.807, 2.05) is 38.1 Å². The summed E-state index contributed by atoms with van der Waals surface area (Å²) in [7, 11) is 0. The number of amides is 1. The molecule has 3 aromatic rings. The van der Waals surface area contributed by atoms with Crippen LogP contribution in [0.25, 0.3) is 5.69 Å². The number of aryl methyl sites for hydroxylation is 1. The summed E-state index contributed by atoms with van der Waals surface area (Å²) in [6.45, 7) is 8.10. The third-order valence-corrected chi connectivity index (χ3v) is 6.78. The quantitative estimate of drug-likeness (QED) is 0.593. The molecule has 1 N–H and O–H groups in total. The van der Waals surface area contributed by atoms with Gasteiger partial charge in [0, 0.05) is 4.88 Å². The molecule has 1 aliphatic rings. The highest BCUT2D eigenvalue weighted by molar-refractivity contribution is 7.17. The molecule has 2 aromatic heterocycles. The van der Waals surface area contributed by atoms with Crippen LogP contribution in [0.1, 0.15) is 62.8 Å². The highest BCUT2D eigenvalue weighted by atomic mass is 32.1. The summed E-state index contributed by atoms with van der Waals surface area (Å²) in [5.41, 5.74) is 4.34. The number of nitrogens with one attached hydrogen (secondary N) is 1. The average molecular weight is 439 g/mol. The SMILES string of the molecule is CCOC(=O)c1c(NC(=O)c2nnn(-c3ccc(C)cc3)c2C)sc2c1CC[C@@H](C)C2. The maximum Gasteiger partial charge on any atom is 0.341 e. The molecule has 0 saturated heterocycles. The normalized spacial score (nSPS) is 15.4. The average Bonchev–Trinajstić information content (AvgIpc) is 3.28. The zero-order valence-corrected chi connectivity index (χ0v) is 19.0. The summed E-state index contributed by atoms with van der Waals surface area (Å²) >= 11 is 1.47. The fourth-order valence-corrected chi connectivity index (χ4v) is 5.28. The van der Waals surface area contributed by atoms with Crippen molar-refractivity contribution in [3.8, 4) is 5.69 Å². The fraction of sp³-hybridized carbons (Fsp3) is 0.391. The predicted octanol–water partition coefficient (Wildman–Crippen LogP) is 4.50. The second kappa shape index (κ2) is 8.63. The first kappa shape index (κ1) is 21.2. The summed E-state index contributed by atoms with van der Waals surface area (Å²) in [5, 5.41) is 11.7. The summed E-state index contributed by atoms with van der Waals surface area (Å²) in [4.78, 5) is 26.9. The summed E-state index contributed by atoms with van der Waals surface area (Å²) in [6.07, 6.45) is 2.75. The van der Waals surface area contributed by atoms with Crippen molar-refractivity contribution in [2.45, 2.75) is 47.0 Å². The number of aromatic nitrogens is 3. The predicted molar refractivity (Wildman–Crippen MR) is 120 cm³/mol. The first-order chi connectivity index (χ1) is 14.9. The molecular weight excluding hydrogens is 412 g/mol. The number of rotatable bonds is 5. The molecule has 1 amide bonds. The third kappa shape index (κ3) is 4.12. The van der Waals surface area contributed by atoms with Crippen molar-refractivity contribution in [1.29, 1.82) is 0 Å². The number of benzene rings is 1. The van der Waals surface area contributed by atoms with Crippen molar-refractivity contribution < 1.29 is 14.3 Å². The van der Waals surface area contributed by atoms with Gasteiger partial charge in [0.2, 0.25) is 0 Å². The maximum atomic E-state index is 13.1. The zero-order valence-electron chi connectivity index (χ0n) is 18.2. The van der Waals surface area contributed by atoms with E-state index in [1.54, 1.807) is 11.6 Å². The second-order valence-electron chi connectivity index (χ2n) is 8.00. The lowest BCUT2D eigenvalue weighted by Crippen LogP contribution is -2.17. The van der Waals surface area contributed by atoms with Crippen LogP contribution in [-0.4, -0.2) is 33.5 Å². The van der Waals surface area contributed by atoms with E-state index < -0.39 is 0 Å². The molecule has 0 fully saturated rings. The Hall–Kier alpha value is -3.00. The Balaban J connectivity index is 1.65. The number of fused-ring (bicyclic) bond motifs is 1. The lowest BCUT2D eigenvalue weighted by molar-refractivity contribution is 0.0526. The van der Waals surface area contributed by atoms with Crippen molar-refractivity contribution in [3.05, 3.63) is 57.2 Å². The van der Waals surface area contributed by atoms with E-state index in [-0.39, 0.29) is 24.2 Å². The number of carbonyl (C=O) groups is 2. The van der Waals surface area contributed by atoms with Crippen LogP contribution < -0.4 is 5.32 Å². The van der Waals surface area contributed by atoms with Gasteiger partial charge in [0.25, 0.3) is 5.91 Å². The topological polar surface area (TPSA) is 86.1 Å². The van der Waals surface area contributed by atoms with E-state index in [4.69, 9.17) is 4.74 Å². The first-order valence-electron chi connectivity index (χ1n) is 10.5. The van der Waals surface area contributed by atoms with E-state index >= 15 is 0 Å². The van der Waals surface area contributed by atoms with Gasteiger partial charge in [-0.3, -0.25) is 4.79 Å². The highest BCUT2D eigenvalue weighted by Crippen LogP contribution is 2.40. The number of ether oxygens (including phenoxy) is 1. The minimum Gasteiger partial charge on any atom is -0.462 e. The Morgan fingerprint density at radius 2 is 2.00 bits per heavy atom. The number of thiophene rings is 1. The molecule has 0 spiro atoms. The number of hydrogen-bond donors (Lipinski definition) is 1. The van der Waals surface area contributed by atoms with Gasteiger partial charge in [0.05, 0.1) is 23.6 Å². The Labute approximate surface area is 185 Å². The number of anilines is 1. The molecule has 0 saturated carbocycles. The molecule has 2 heterocycles. The smallest absolute Gasteiger partial charge is 0.341 e. The molecule has 0 bridgehead atoms. The van der Waals surface area contributed by atoms with Gasteiger partial charge < -0.3 is 10.1 Å². The van der Waals surface area contributed by atoms with Crippen LogP contribution >= 0.6 is 11.3 Å². The third-order valence-electron chi connectivity index (χ3n) is 5.61. The van der Waals surface area contributed by atoms with E-state index in [1.165, 1.54) is 11.3 Å². The number of hydrogen-bond acceptors (Lipinski definition) is 6. The monoisotopic (exact) mass is 438 g/mol. The fourth-order valence-electron chi connectivity index (χ4n) is 3.89. The summed E-state index contributed by atoms with van der Waals surface area (Å²) < 4.78 is 6.93. The first-order valence-corrected chi connectivity index (χ1v) is 11.3. The molecule has 0 unspecified atom stereocenters. The lowest BCUT2D eigenvalue weighted by atomic mass is 9.88. The van der Waals surface area contributed by atoms with E-state index in [2.05, 4.69) is 22.6 Å². The largest absolute Gasteiger partial charge is 0.462 e. The molecule has 0 aliphatic heterocycles. The van der Waals surface area contributed by atoms with Gasteiger partial charge in [-0.1, -0.05) is 29.8 Å². The van der Waals surface area contributed by atoms with Gasteiger partial charge in [-0.15, -0.1) is 16.4 Å². The molecule has 0 radical (unpaired) electrons. The Morgan fingerprint density at radius 1 is 1.26 bits per heavy atom. The van der Waals surface area contributed by atoms with Gasteiger partial charge >= 0.3 is 5.97 Å².